The zero-order valence-corrected chi connectivity index (χ0v) is 17.8. The van der Waals surface area contributed by atoms with Crippen molar-refractivity contribution < 1.29 is 18.0 Å². The normalized spacial score (nSPS) is 13.7. The van der Waals surface area contributed by atoms with Crippen LogP contribution in [0.25, 0.3) is 0 Å². The molecule has 0 radical (unpaired) electrons. The van der Waals surface area contributed by atoms with Gasteiger partial charge in [-0.3, -0.25) is 14.3 Å². The summed E-state index contributed by atoms with van der Waals surface area (Å²) in [4.78, 5) is 24.2. The second-order valence-electron chi connectivity index (χ2n) is 6.67. The molecule has 3 rings (SSSR count). The molecule has 1 aliphatic rings. The number of benzene rings is 1. The van der Waals surface area contributed by atoms with E-state index in [1.54, 1.807) is 6.07 Å². The maximum absolute atomic E-state index is 12.4. The maximum Gasteiger partial charge on any atom is 0.241 e. The summed E-state index contributed by atoms with van der Waals surface area (Å²) in [6.45, 7) is 4.62. The largest absolute Gasteiger partial charge is 0.355 e. The van der Waals surface area contributed by atoms with E-state index in [0.717, 1.165) is 16.3 Å². The van der Waals surface area contributed by atoms with Crippen molar-refractivity contribution in [2.45, 2.75) is 36.6 Å². The number of amides is 2. The molecule has 1 aromatic heterocycles. The number of anilines is 1. The molecule has 2 heterocycles. The van der Waals surface area contributed by atoms with Crippen molar-refractivity contribution >= 4 is 39.3 Å². The molecule has 0 saturated carbocycles. The van der Waals surface area contributed by atoms with Crippen LogP contribution in [-0.4, -0.2) is 48.9 Å². The summed E-state index contributed by atoms with van der Waals surface area (Å²) >= 11 is 1.35. The summed E-state index contributed by atoms with van der Waals surface area (Å²) in [7, 11) is -3.87. The summed E-state index contributed by atoms with van der Waals surface area (Å²) < 4.78 is 29.0. The Morgan fingerprint density at radius 3 is 2.83 bits per heavy atom. The zero-order valence-electron chi connectivity index (χ0n) is 16.2. The second kappa shape index (κ2) is 8.97. The summed E-state index contributed by atoms with van der Waals surface area (Å²) in [6, 6.07) is 6.48. The molecule has 0 bridgehead atoms. The molecule has 0 fully saturated rings. The average Bonchev–Trinajstić information content (AvgIpc) is 3.00. The first-order valence-corrected chi connectivity index (χ1v) is 11.6. The Morgan fingerprint density at radius 2 is 2.10 bits per heavy atom. The first-order chi connectivity index (χ1) is 13.7. The monoisotopic (exact) mass is 437 g/mol. The van der Waals surface area contributed by atoms with Crippen molar-refractivity contribution in [1.29, 1.82) is 0 Å². The van der Waals surface area contributed by atoms with E-state index in [1.165, 1.54) is 23.9 Å². The van der Waals surface area contributed by atoms with Gasteiger partial charge in [-0.2, -0.15) is 5.10 Å². The lowest BCUT2D eigenvalue weighted by atomic mass is 10.3. The van der Waals surface area contributed by atoms with Gasteiger partial charge in [-0.1, -0.05) is 0 Å². The number of nitrogens with zero attached hydrogens (tertiary/aromatic N) is 2. The molecule has 0 atom stereocenters. The van der Waals surface area contributed by atoms with Gasteiger partial charge in [0.25, 0.3) is 0 Å². The molecule has 0 aliphatic carbocycles. The number of fused-ring (bicyclic) bond motifs is 1. The standard InChI is InChI=1S/C18H23N5O4S2/c1-12-8-13(2)23(22-12)7-3-6-19-17(24)10-20-29(26,27)14-4-5-16-15(9-14)21-18(25)11-28-16/h4-5,8-9,20H,3,6-7,10-11H2,1-2H3,(H,19,24)(H,21,25). The number of rotatable bonds is 8. The van der Waals surface area contributed by atoms with Crippen LogP contribution in [0.4, 0.5) is 5.69 Å². The Morgan fingerprint density at radius 1 is 1.31 bits per heavy atom. The van der Waals surface area contributed by atoms with Crippen molar-refractivity contribution in [1.82, 2.24) is 19.8 Å². The average molecular weight is 438 g/mol. The Labute approximate surface area is 173 Å². The van der Waals surface area contributed by atoms with Crippen molar-refractivity contribution in [3.63, 3.8) is 0 Å². The van der Waals surface area contributed by atoms with Crippen molar-refractivity contribution in [3.8, 4) is 0 Å². The number of sulfonamides is 1. The Bertz CT molecular complexity index is 1030. The molecule has 156 valence electrons. The number of hydrogen-bond acceptors (Lipinski definition) is 6. The summed E-state index contributed by atoms with van der Waals surface area (Å²) in [5.41, 5.74) is 2.46. The van der Waals surface area contributed by atoms with Crippen LogP contribution in [0.1, 0.15) is 17.8 Å². The molecule has 0 spiro atoms. The van der Waals surface area contributed by atoms with Gasteiger partial charge < -0.3 is 10.6 Å². The fraction of sp³-hybridized carbons (Fsp3) is 0.389. The van der Waals surface area contributed by atoms with E-state index >= 15 is 0 Å². The highest BCUT2D eigenvalue weighted by Crippen LogP contribution is 2.32. The summed E-state index contributed by atoms with van der Waals surface area (Å²) in [5, 5.41) is 9.69. The maximum atomic E-state index is 12.4. The topological polar surface area (TPSA) is 122 Å². The minimum absolute atomic E-state index is 0.00335. The fourth-order valence-electron chi connectivity index (χ4n) is 2.89. The molecule has 1 aromatic carbocycles. The van der Waals surface area contributed by atoms with Crippen molar-refractivity contribution in [2.24, 2.45) is 0 Å². The van der Waals surface area contributed by atoms with Gasteiger partial charge in [-0.15, -0.1) is 11.8 Å². The van der Waals surface area contributed by atoms with Crippen LogP contribution in [0.5, 0.6) is 0 Å². The SMILES string of the molecule is Cc1cc(C)n(CCCNC(=O)CNS(=O)(=O)c2ccc3c(c2)NC(=O)CS3)n1. The third-order valence-corrected chi connectivity index (χ3v) is 6.76. The number of carbonyl (C=O) groups excluding carboxylic acids is 2. The van der Waals surface area contributed by atoms with Gasteiger partial charge in [-0.25, -0.2) is 13.1 Å². The van der Waals surface area contributed by atoms with Crippen LogP contribution in [0.2, 0.25) is 0 Å². The quantitative estimate of drug-likeness (QED) is 0.530. The summed E-state index contributed by atoms with van der Waals surface area (Å²) in [5.74, 6) is -0.287. The van der Waals surface area contributed by atoms with Crippen molar-refractivity contribution in [2.75, 3.05) is 24.2 Å². The highest BCUT2D eigenvalue weighted by atomic mass is 32.2. The fourth-order valence-corrected chi connectivity index (χ4v) is 4.69. The molecular formula is C18H23N5O4S2. The predicted molar refractivity (Wildman–Crippen MR) is 110 cm³/mol. The highest BCUT2D eigenvalue weighted by molar-refractivity contribution is 8.00. The Kier molecular flexibility index (Phi) is 6.60. The molecule has 9 nitrogen and oxygen atoms in total. The lowest BCUT2D eigenvalue weighted by Crippen LogP contribution is -2.37. The first kappa shape index (κ1) is 21.3. The van der Waals surface area contributed by atoms with E-state index in [0.29, 0.717) is 31.0 Å². The van der Waals surface area contributed by atoms with E-state index in [1.807, 2.05) is 24.6 Å². The molecule has 3 N–H and O–H groups in total. The number of carbonyl (C=O) groups is 2. The van der Waals surface area contributed by atoms with E-state index in [2.05, 4.69) is 20.5 Å². The minimum atomic E-state index is -3.87. The smallest absolute Gasteiger partial charge is 0.241 e. The lowest BCUT2D eigenvalue weighted by molar-refractivity contribution is -0.120. The van der Waals surface area contributed by atoms with E-state index in [4.69, 9.17) is 0 Å². The van der Waals surface area contributed by atoms with Crippen LogP contribution >= 0.6 is 11.8 Å². The van der Waals surface area contributed by atoms with Gasteiger partial charge in [0.1, 0.15) is 0 Å². The zero-order chi connectivity index (χ0) is 21.0. The summed E-state index contributed by atoms with van der Waals surface area (Å²) in [6.07, 6.45) is 0.683. The number of nitrogens with one attached hydrogen (secondary N) is 3. The molecular weight excluding hydrogens is 414 g/mol. The van der Waals surface area contributed by atoms with Crippen LogP contribution in [0.15, 0.2) is 34.1 Å². The van der Waals surface area contributed by atoms with Crippen LogP contribution in [0, 0.1) is 13.8 Å². The molecule has 2 aromatic rings. The van der Waals surface area contributed by atoms with Gasteiger partial charge >= 0.3 is 0 Å². The molecule has 1 aliphatic heterocycles. The first-order valence-electron chi connectivity index (χ1n) is 9.09. The Balaban J connectivity index is 1.47. The van der Waals surface area contributed by atoms with Crippen LogP contribution in [0.3, 0.4) is 0 Å². The Hall–Kier alpha value is -2.37. The molecule has 2 amide bonds. The van der Waals surface area contributed by atoms with E-state index in [9.17, 15) is 18.0 Å². The number of hydrogen-bond donors (Lipinski definition) is 3. The van der Waals surface area contributed by atoms with Crippen LogP contribution < -0.4 is 15.4 Å². The number of aromatic nitrogens is 2. The van der Waals surface area contributed by atoms with Gasteiger partial charge in [0.2, 0.25) is 21.8 Å². The number of aryl methyl sites for hydroxylation is 3. The van der Waals surface area contributed by atoms with Crippen LogP contribution in [-0.2, 0) is 26.2 Å². The van der Waals surface area contributed by atoms with E-state index < -0.39 is 15.9 Å². The van der Waals surface area contributed by atoms with E-state index in [-0.39, 0.29) is 17.3 Å². The van der Waals surface area contributed by atoms with Gasteiger partial charge in [0.15, 0.2) is 0 Å². The highest BCUT2D eigenvalue weighted by Gasteiger charge is 2.21. The molecule has 0 unspecified atom stereocenters. The van der Waals surface area contributed by atoms with Crippen molar-refractivity contribution in [3.05, 3.63) is 35.7 Å². The molecule has 0 saturated heterocycles. The third-order valence-electron chi connectivity index (χ3n) is 4.29. The second-order valence-corrected chi connectivity index (χ2v) is 9.46. The molecule has 29 heavy (non-hydrogen) atoms. The predicted octanol–water partition coefficient (Wildman–Crippen LogP) is 1.03. The number of thioether (sulfide) groups is 1. The molecule has 11 heteroatoms. The third kappa shape index (κ3) is 5.58. The van der Waals surface area contributed by atoms with Gasteiger partial charge in [0.05, 0.1) is 28.6 Å². The van der Waals surface area contributed by atoms with Gasteiger partial charge in [0, 0.05) is 23.7 Å². The van der Waals surface area contributed by atoms with Gasteiger partial charge in [-0.05, 0) is 44.5 Å². The minimum Gasteiger partial charge on any atom is -0.355 e. The lowest BCUT2D eigenvalue weighted by Gasteiger charge is -2.17.